The summed E-state index contributed by atoms with van der Waals surface area (Å²) in [5.41, 5.74) is 3.54. The van der Waals surface area contributed by atoms with Crippen LogP contribution in [0.15, 0.2) is 24.4 Å². The average Bonchev–Trinajstić information content (AvgIpc) is 3.40. The lowest BCUT2D eigenvalue weighted by molar-refractivity contribution is 0.0841. The standard InChI is InChI=1S/C23H32N4O2S/c1-23(2,3)15-26(10-9-17-6-5-11-29-17)13-16-7-8-18-19(12-16)27-14-20(21(28)24-4)30-22(27)25-18/h7-8,12,14,17H,5-6,9-11,13,15H2,1-4H3,(H,24,28). The fourth-order valence-electron chi connectivity index (χ4n) is 4.22. The Labute approximate surface area is 182 Å². The molecular formula is C23H32N4O2S. The van der Waals surface area contributed by atoms with Gasteiger partial charge < -0.3 is 10.1 Å². The van der Waals surface area contributed by atoms with E-state index >= 15 is 0 Å². The van der Waals surface area contributed by atoms with E-state index in [2.05, 4.69) is 49.2 Å². The molecule has 1 saturated heterocycles. The lowest BCUT2D eigenvalue weighted by Gasteiger charge is -2.30. The van der Waals surface area contributed by atoms with E-state index in [0.717, 1.165) is 48.7 Å². The highest BCUT2D eigenvalue weighted by Gasteiger charge is 2.21. The number of thiazole rings is 1. The molecule has 2 aromatic heterocycles. The average molecular weight is 429 g/mol. The Hall–Kier alpha value is -1.96. The van der Waals surface area contributed by atoms with Crippen LogP contribution < -0.4 is 5.32 Å². The maximum Gasteiger partial charge on any atom is 0.262 e. The highest BCUT2D eigenvalue weighted by Crippen LogP contribution is 2.26. The molecule has 1 aliphatic heterocycles. The van der Waals surface area contributed by atoms with Crippen molar-refractivity contribution in [3.05, 3.63) is 34.8 Å². The van der Waals surface area contributed by atoms with E-state index in [-0.39, 0.29) is 11.3 Å². The number of carbonyl (C=O) groups is 1. The van der Waals surface area contributed by atoms with Crippen LogP contribution in [0.2, 0.25) is 0 Å². The van der Waals surface area contributed by atoms with E-state index < -0.39 is 0 Å². The SMILES string of the molecule is CNC(=O)c1cn2c(nc3ccc(CN(CCC4CCCO4)CC(C)(C)C)cc32)s1. The Morgan fingerprint density at radius 3 is 2.93 bits per heavy atom. The van der Waals surface area contributed by atoms with Gasteiger partial charge in [0.05, 0.1) is 17.1 Å². The van der Waals surface area contributed by atoms with Gasteiger partial charge in [-0.05, 0) is 42.4 Å². The van der Waals surface area contributed by atoms with E-state index in [0.29, 0.717) is 11.0 Å². The number of ether oxygens (including phenoxy) is 1. The molecule has 1 N–H and O–H groups in total. The number of aromatic nitrogens is 2. The van der Waals surface area contributed by atoms with Crippen LogP contribution in [0.25, 0.3) is 16.0 Å². The molecule has 0 bridgehead atoms. The first-order valence-electron chi connectivity index (χ1n) is 10.8. The van der Waals surface area contributed by atoms with Gasteiger partial charge in [0.2, 0.25) is 0 Å². The van der Waals surface area contributed by atoms with Crippen molar-refractivity contribution in [2.75, 3.05) is 26.7 Å². The third-order valence-corrected chi connectivity index (χ3v) is 6.50. The number of benzene rings is 1. The van der Waals surface area contributed by atoms with Crippen LogP contribution in [-0.2, 0) is 11.3 Å². The number of fused-ring (bicyclic) bond motifs is 3. The van der Waals surface area contributed by atoms with Crippen LogP contribution >= 0.6 is 11.3 Å². The molecule has 0 saturated carbocycles. The minimum atomic E-state index is -0.0692. The Morgan fingerprint density at radius 1 is 1.40 bits per heavy atom. The normalized spacial score (nSPS) is 17.4. The van der Waals surface area contributed by atoms with Gasteiger partial charge in [-0.15, -0.1) is 0 Å². The monoisotopic (exact) mass is 428 g/mol. The summed E-state index contributed by atoms with van der Waals surface area (Å²) in [7, 11) is 1.65. The molecule has 1 aromatic carbocycles. The lowest BCUT2D eigenvalue weighted by Crippen LogP contribution is -2.34. The molecular weight excluding hydrogens is 396 g/mol. The zero-order chi connectivity index (χ0) is 21.3. The number of hydrogen-bond acceptors (Lipinski definition) is 5. The first-order chi connectivity index (χ1) is 14.3. The van der Waals surface area contributed by atoms with Crippen molar-refractivity contribution >= 4 is 33.2 Å². The van der Waals surface area contributed by atoms with E-state index in [4.69, 9.17) is 9.72 Å². The van der Waals surface area contributed by atoms with Crippen LogP contribution in [0.5, 0.6) is 0 Å². The minimum Gasteiger partial charge on any atom is -0.378 e. The maximum atomic E-state index is 12.0. The smallest absolute Gasteiger partial charge is 0.262 e. The van der Waals surface area contributed by atoms with Crippen molar-refractivity contribution in [2.45, 2.75) is 52.7 Å². The van der Waals surface area contributed by atoms with Gasteiger partial charge in [0.1, 0.15) is 4.88 Å². The largest absolute Gasteiger partial charge is 0.378 e. The van der Waals surface area contributed by atoms with Crippen molar-refractivity contribution in [1.82, 2.24) is 19.6 Å². The van der Waals surface area contributed by atoms with Gasteiger partial charge in [0, 0.05) is 39.5 Å². The minimum absolute atomic E-state index is 0.0692. The second-order valence-corrected chi connectivity index (χ2v) is 10.5. The van der Waals surface area contributed by atoms with Gasteiger partial charge in [0.15, 0.2) is 4.96 Å². The summed E-state index contributed by atoms with van der Waals surface area (Å²) in [6.07, 6.45) is 5.78. The summed E-state index contributed by atoms with van der Waals surface area (Å²) in [5, 5.41) is 2.69. The molecule has 30 heavy (non-hydrogen) atoms. The van der Waals surface area contributed by atoms with Gasteiger partial charge >= 0.3 is 0 Å². The van der Waals surface area contributed by atoms with E-state index in [1.807, 2.05) is 10.6 Å². The number of nitrogens with one attached hydrogen (secondary N) is 1. The number of amides is 1. The van der Waals surface area contributed by atoms with Crippen LogP contribution in [0.1, 0.15) is 55.3 Å². The Morgan fingerprint density at radius 2 is 2.23 bits per heavy atom. The molecule has 1 amide bonds. The molecule has 1 atom stereocenters. The predicted molar refractivity (Wildman–Crippen MR) is 122 cm³/mol. The van der Waals surface area contributed by atoms with Crippen molar-refractivity contribution < 1.29 is 9.53 Å². The zero-order valence-corrected chi connectivity index (χ0v) is 19.2. The Kier molecular flexibility index (Phi) is 6.14. The lowest BCUT2D eigenvalue weighted by atomic mass is 9.95. The number of nitrogens with zero attached hydrogens (tertiary/aromatic N) is 3. The molecule has 1 fully saturated rings. The molecule has 0 spiro atoms. The molecule has 3 aromatic rings. The highest BCUT2D eigenvalue weighted by molar-refractivity contribution is 7.18. The van der Waals surface area contributed by atoms with Crippen molar-refractivity contribution in [2.24, 2.45) is 5.41 Å². The van der Waals surface area contributed by atoms with E-state index in [1.54, 1.807) is 7.05 Å². The number of carbonyl (C=O) groups excluding carboxylic acids is 1. The molecule has 1 unspecified atom stereocenters. The van der Waals surface area contributed by atoms with E-state index in [9.17, 15) is 4.79 Å². The number of rotatable bonds is 7. The van der Waals surface area contributed by atoms with Crippen molar-refractivity contribution in [3.63, 3.8) is 0 Å². The molecule has 6 nitrogen and oxygen atoms in total. The molecule has 4 rings (SSSR count). The fourth-order valence-corrected chi connectivity index (χ4v) is 5.17. The topological polar surface area (TPSA) is 58.9 Å². The highest BCUT2D eigenvalue weighted by atomic mass is 32.1. The third kappa shape index (κ3) is 4.85. The zero-order valence-electron chi connectivity index (χ0n) is 18.4. The Bertz CT molecular complexity index is 1030. The van der Waals surface area contributed by atoms with Crippen molar-refractivity contribution in [3.8, 4) is 0 Å². The summed E-state index contributed by atoms with van der Waals surface area (Å²) in [5.74, 6) is -0.0692. The second kappa shape index (κ2) is 8.65. The van der Waals surface area contributed by atoms with Gasteiger partial charge in [0.25, 0.3) is 5.91 Å². The van der Waals surface area contributed by atoms with E-state index in [1.165, 1.54) is 29.7 Å². The van der Waals surface area contributed by atoms with Crippen LogP contribution in [0, 0.1) is 5.41 Å². The third-order valence-electron chi connectivity index (χ3n) is 5.52. The summed E-state index contributed by atoms with van der Waals surface area (Å²) in [6.45, 7) is 10.8. The van der Waals surface area contributed by atoms with Crippen molar-refractivity contribution in [1.29, 1.82) is 0 Å². The van der Waals surface area contributed by atoms with Crippen LogP contribution in [0.3, 0.4) is 0 Å². The van der Waals surface area contributed by atoms with Gasteiger partial charge in [-0.2, -0.15) is 0 Å². The molecule has 1 aliphatic rings. The maximum absolute atomic E-state index is 12.0. The molecule has 0 radical (unpaired) electrons. The molecule has 7 heteroatoms. The second-order valence-electron chi connectivity index (χ2n) is 9.46. The van der Waals surface area contributed by atoms with Crippen LogP contribution in [-0.4, -0.2) is 53.0 Å². The molecule has 3 heterocycles. The first-order valence-corrected chi connectivity index (χ1v) is 11.6. The first kappa shape index (κ1) is 21.3. The van der Waals surface area contributed by atoms with Crippen LogP contribution in [0.4, 0.5) is 0 Å². The van der Waals surface area contributed by atoms with Gasteiger partial charge in [-0.3, -0.25) is 14.1 Å². The summed E-state index contributed by atoms with van der Waals surface area (Å²) < 4.78 is 7.88. The number of hydrogen-bond donors (Lipinski definition) is 1. The molecule has 0 aliphatic carbocycles. The summed E-state index contributed by atoms with van der Waals surface area (Å²) in [6, 6.07) is 6.50. The quantitative estimate of drug-likeness (QED) is 0.609. The van der Waals surface area contributed by atoms with Gasteiger partial charge in [-0.1, -0.05) is 38.2 Å². The summed E-state index contributed by atoms with van der Waals surface area (Å²) >= 11 is 1.42. The Balaban J connectivity index is 1.56. The number of imidazole rings is 1. The fraction of sp³-hybridized carbons (Fsp3) is 0.565. The summed E-state index contributed by atoms with van der Waals surface area (Å²) in [4.78, 5) is 20.8. The predicted octanol–water partition coefficient (Wildman–Crippen LogP) is 4.33. The molecule has 162 valence electrons. The van der Waals surface area contributed by atoms with Gasteiger partial charge in [-0.25, -0.2) is 4.98 Å².